The summed E-state index contributed by atoms with van der Waals surface area (Å²) in [5, 5.41) is 14.5. The zero-order chi connectivity index (χ0) is 21.5. The van der Waals surface area contributed by atoms with Crippen molar-refractivity contribution >= 4 is 23.7 Å². The second-order valence-corrected chi connectivity index (χ2v) is 6.85. The Hall–Kier alpha value is -4.26. The molecule has 1 saturated heterocycles. The molecule has 4 amide bonds. The first kappa shape index (κ1) is 19.1. The number of anilines is 1. The number of carbonyl (C=O) groups is 3. The number of hydrogen-bond donors (Lipinski definition) is 4. The Labute approximate surface area is 171 Å². The van der Waals surface area contributed by atoms with Crippen LogP contribution in [0, 0.1) is 11.8 Å². The van der Waals surface area contributed by atoms with E-state index in [1.54, 1.807) is 18.2 Å². The lowest BCUT2D eigenvalue weighted by Crippen LogP contribution is -2.54. The first-order valence-corrected chi connectivity index (χ1v) is 8.90. The van der Waals surface area contributed by atoms with Crippen LogP contribution in [0.4, 0.5) is 10.6 Å². The summed E-state index contributed by atoms with van der Waals surface area (Å²) in [5.74, 6) is 4.67. The van der Waals surface area contributed by atoms with Gasteiger partial charge in [-0.05, 0) is 35.7 Å². The Morgan fingerprint density at radius 2 is 2.10 bits per heavy atom. The van der Waals surface area contributed by atoms with Gasteiger partial charge in [0.15, 0.2) is 5.69 Å². The number of fused-ring (bicyclic) bond motifs is 1. The van der Waals surface area contributed by atoms with Crippen molar-refractivity contribution in [2.45, 2.75) is 12.1 Å². The number of methoxy groups -OCH3 is 1. The van der Waals surface area contributed by atoms with Crippen LogP contribution in [-0.2, 0) is 11.3 Å². The highest BCUT2D eigenvalue weighted by molar-refractivity contribution is 6.10. The third kappa shape index (κ3) is 3.22. The number of urea groups is 1. The fourth-order valence-corrected chi connectivity index (χ4v) is 3.34. The third-order valence-electron chi connectivity index (χ3n) is 4.86. The largest absolute Gasteiger partial charge is 0.505 e. The van der Waals surface area contributed by atoms with Crippen LogP contribution in [0.1, 0.15) is 21.6 Å². The van der Waals surface area contributed by atoms with Crippen molar-refractivity contribution in [3.63, 3.8) is 0 Å². The molecule has 5 N–H and O–H groups in total. The highest BCUT2D eigenvalue weighted by Gasteiger charge is 2.48. The molecule has 30 heavy (non-hydrogen) atoms. The van der Waals surface area contributed by atoms with Gasteiger partial charge in [0.1, 0.15) is 17.3 Å². The van der Waals surface area contributed by atoms with Gasteiger partial charge >= 0.3 is 6.03 Å². The molecule has 0 bridgehead atoms. The van der Waals surface area contributed by atoms with Gasteiger partial charge < -0.3 is 25.8 Å². The number of nitrogen functional groups attached to an aromatic ring is 1. The van der Waals surface area contributed by atoms with Gasteiger partial charge in [0.2, 0.25) is 5.54 Å². The van der Waals surface area contributed by atoms with E-state index in [1.807, 2.05) is 0 Å². The van der Waals surface area contributed by atoms with E-state index in [4.69, 9.17) is 10.5 Å². The molecule has 2 aromatic rings. The molecule has 0 radical (unpaired) electrons. The number of ether oxygens (including phenoxy) is 1. The van der Waals surface area contributed by atoms with E-state index < -0.39 is 17.5 Å². The van der Waals surface area contributed by atoms with Crippen molar-refractivity contribution in [3.8, 4) is 23.3 Å². The topological polar surface area (TPSA) is 147 Å². The number of benzene rings is 1. The number of pyridine rings is 1. The Bertz CT molecular complexity index is 1150. The molecule has 3 heterocycles. The minimum Gasteiger partial charge on any atom is -0.505 e. The van der Waals surface area contributed by atoms with Crippen molar-refractivity contribution in [1.82, 2.24) is 20.5 Å². The van der Waals surface area contributed by atoms with Crippen molar-refractivity contribution in [2.24, 2.45) is 0 Å². The quantitative estimate of drug-likeness (QED) is 0.412. The number of nitrogens with two attached hydrogens (primary N) is 1. The number of carbonyl (C=O) groups excluding carboxylic acids is 3. The van der Waals surface area contributed by atoms with E-state index in [9.17, 15) is 19.5 Å². The third-order valence-corrected chi connectivity index (χ3v) is 4.86. The summed E-state index contributed by atoms with van der Waals surface area (Å²) >= 11 is 0. The number of imide groups is 1. The summed E-state index contributed by atoms with van der Waals surface area (Å²) in [4.78, 5) is 42.6. The molecule has 4 rings (SSSR count). The van der Waals surface area contributed by atoms with Crippen LogP contribution >= 0.6 is 0 Å². The van der Waals surface area contributed by atoms with Crippen molar-refractivity contribution in [3.05, 3.63) is 47.2 Å². The van der Waals surface area contributed by atoms with Gasteiger partial charge in [0, 0.05) is 12.1 Å². The van der Waals surface area contributed by atoms with Gasteiger partial charge in [-0.3, -0.25) is 14.9 Å². The normalized spacial score (nSPS) is 19.6. The Kier molecular flexibility index (Phi) is 4.43. The standard InChI is InChI=1S/C20H17N5O5/c1-30-12-3-2-11-9-25(17(27)13(11)8-12)10-20(18(28)23-19(29)24-20)7-6-14-15(26)4-5-16(21)22-14/h2-5,8,26H,9-10H2,1H3,(H2,21,22)(H2,23,24,28,29). The Morgan fingerprint density at radius 3 is 2.80 bits per heavy atom. The molecule has 2 aliphatic heterocycles. The van der Waals surface area contributed by atoms with Crippen molar-refractivity contribution in [2.75, 3.05) is 19.4 Å². The molecule has 10 heteroatoms. The van der Waals surface area contributed by atoms with E-state index in [1.165, 1.54) is 24.1 Å². The summed E-state index contributed by atoms with van der Waals surface area (Å²) < 4.78 is 5.16. The molecule has 1 aromatic heterocycles. The number of amides is 4. The van der Waals surface area contributed by atoms with Crippen LogP contribution < -0.4 is 21.1 Å². The molecular formula is C20H17N5O5. The second-order valence-electron chi connectivity index (χ2n) is 6.85. The summed E-state index contributed by atoms with van der Waals surface area (Å²) in [6.45, 7) is 0.0446. The van der Waals surface area contributed by atoms with Gasteiger partial charge in [-0.2, -0.15) is 0 Å². The van der Waals surface area contributed by atoms with Crippen LogP contribution in [0.15, 0.2) is 30.3 Å². The van der Waals surface area contributed by atoms with Crippen LogP contribution in [0.2, 0.25) is 0 Å². The average molecular weight is 407 g/mol. The summed E-state index contributed by atoms with van der Waals surface area (Å²) in [5.41, 5.74) is 5.07. The van der Waals surface area contributed by atoms with Crippen molar-refractivity contribution in [1.29, 1.82) is 0 Å². The monoisotopic (exact) mass is 407 g/mol. The number of aromatic hydroxyl groups is 1. The molecule has 1 aromatic carbocycles. The smallest absolute Gasteiger partial charge is 0.323 e. The number of aromatic nitrogens is 1. The zero-order valence-corrected chi connectivity index (χ0v) is 15.9. The fraction of sp³-hybridized carbons (Fsp3) is 0.200. The van der Waals surface area contributed by atoms with E-state index >= 15 is 0 Å². The molecule has 10 nitrogen and oxygen atoms in total. The number of hydrogen-bond acceptors (Lipinski definition) is 7. The number of nitrogens with zero attached hydrogens (tertiary/aromatic N) is 2. The van der Waals surface area contributed by atoms with Gasteiger partial charge in [0.05, 0.1) is 13.7 Å². The SMILES string of the molecule is COc1ccc2c(c1)C(=O)N(CC1(C#Cc3nc(N)ccc3O)NC(=O)NC1=O)C2. The Balaban J connectivity index is 1.67. The van der Waals surface area contributed by atoms with Crippen LogP contribution in [-0.4, -0.2) is 52.0 Å². The minimum atomic E-state index is -1.71. The molecule has 1 unspecified atom stereocenters. The zero-order valence-electron chi connectivity index (χ0n) is 15.9. The highest BCUT2D eigenvalue weighted by Crippen LogP contribution is 2.28. The van der Waals surface area contributed by atoms with Gasteiger partial charge in [-0.1, -0.05) is 12.0 Å². The highest BCUT2D eigenvalue weighted by atomic mass is 16.5. The van der Waals surface area contributed by atoms with Gasteiger partial charge in [-0.25, -0.2) is 9.78 Å². The number of nitrogens with one attached hydrogen (secondary N) is 2. The molecule has 0 aliphatic carbocycles. The first-order chi connectivity index (χ1) is 14.3. The molecule has 2 aliphatic rings. The predicted molar refractivity (Wildman–Crippen MR) is 104 cm³/mol. The van der Waals surface area contributed by atoms with E-state index in [0.717, 1.165) is 5.56 Å². The summed E-state index contributed by atoms with van der Waals surface area (Å²) in [6.07, 6.45) is 0. The maximum atomic E-state index is 12.9. The molecule has 1 atom stereocenters. The van der Waals surface area contributed by atoms with Crippen molar-refractivity contribution < 1.29 is 24.2 Å². The van der Waals surface area contributed by atoms with Crippen LogP contribution in [0.3, 0.4) is 0 Å². The van der Waals surface area contributed by atoms with E-state index in [-0.39, 0.29) is 36.3 Å². The minimum absolute atomic E-state index is 0.0518. The summed E-state index contributed by atoms with van der Waals surface area (Å²) in [7, 11) is 1.50. The van der Waals surface area contributed by atoms with Gasteiger partial charge in [-0.15, -0.1) is 0 Å². The van der Waals surface area contributed by atoms with Crippen LogP contribution in [0.25, 0.3) is 0 Å². The molecular weight excluding hydrogens is 390 g/mol. The summed E-state index contributed by atoms with van der Waals surface area (Å²) in [6, 6.07) is 7.12. The second kappa shape index (κ2) is 6.97. The Morgan fingerprint density at radius 1 is 1.30 bits per heavy atom. The fourth-order valence-electron chi connectivity index (χ4n) is 3.34. The lowest BCUT2D eigenvalue weighted by atomic mass is 9.99. The van der Waals surface area contributed by atoms with E-state index in [0.29, 0.717) is 11.3 Å². The van der Waals surface area contributed by atoms with Crippen LogP contribution in [0.5, 0.6) is 11.5 Å². The first-order valence-electron chi connectivity index (χ1n) is 8.90. The predicted octanol–water partition coefficient (Wildman–Crippen LogP) is -0.0363. The molecule has 152 valence electrons. The molecule has 0 spiro atoms. The van der Waals surface area contributed by atoms with Gasteiger partial charge in [0.25, 0.3) is 11.8 Å². The maximum absolute atomic E-state index is 12.9. The molecule has 1 fully saturated rings. The lowest BCUT2D eigenvalue weighted by Gasteiger charge is -2.26. The maximum Gasteiger partial charge on any atom is 0.323 e. The average Bonchev–Trinajstić information content (AvgIpc) is 3.18. The lowest BCUT2D eigenvalue weighted by molar-refractivity contribution is -0.122. The number of rotatable bonds is 3. The van der Waals surface area contributed by atoms with E-state index in [2.05, 4.69) is 27.5 Å². The molecule has 0 saturated carbocycles.